The Bertz CT molecular complexity index is 563. The predicted octanol–water partition coefficient (Wildman–Crippen LogP) is 1.87. The average molecular weight is 311 g/mol. The summed E-state index contributed by atoms with van der Waals surface area (Å²) in [6.45, 7) is -0.105. The number of halogens is 1. The minimum absolute atomic E-state index is 0.0213. The van der Waals surface area contributed by atoms with Gasteiger partial charge in [0.05, 0.1) is 5.69 Å². The molecule has 0 atom stereocenters. The summed E-state index contributed by atoms with van der Waals surface area (Å²) >= 11 is 3.33. The molecule has 1 heterocycles. The number of benzene rings is 1. The molecule has 0 fully saturated rings. The lowest BCUT2D eigenvalue weighted by Gasteiger charge is -2.00. The van der Waals surface area contributed by atoms with Crippen molar-refractivity contribution in [1.82, 2.24) is 9.78 Å². The summed E-state index contributed by atoms with van der Waals surface area (Å²) in [6.07, 6.45) is 1.90. The highest BCUT2D eigenvalue weighted by atomic mass is 79.9. The molecule has 0 aliphatic carbocycles. The molecule has 0 spiro atoms. The van der Waals surface area contributed by atoms with Gasteiger partial charge in [0.25, 0.3) is 0 Å². The molecular weight excluding hydrogens is 300 g/mol. The van der Waals surface area contributed by atoms with Gasteiger partial charge in [0.1, 0.15) is 0 Å². The van der Waals surface area contributed by atoms with Crippen LogP contribution in [0.3, 0.4) is 0 Å². The van der Waals surface area contributed by atoms with Crippen molar-refractivity contribution in [3.05, 3.63) is 46.2 Å². The Morgan fingerprint density at radius 3 is 2.56 bits per heavy atom. The van der Waals surface area contributed by atoms with Crippen LogP contribution < -0.4 is 0 Å². The van der Waals surface area contributed by atoms with Crippen molar-refractivity contribution < 1.29 is 15.0 Å². The van der Waals surface area contributed by atoms with Gasteiger partial charge >= 0.3 is 5.97 Å². The number of aromatic carboxylic acids is 1. The third kappa shape index (κ3) is 2.60. The Hall–Kier alpha value is -1.66. The van der Waals surface area contributed by atoms with Crippen LogP contribution in [0.4, 0.5) is 0 Å². The lowest BCUT2D eigenvalue weighted by molar-refractivity contribution is 0.0688. The second kappa shape index (κ2) is 5.32. The highest BCUT2D eigenvalue weighted by molar-refractivity contribution is 9.10. The number of hydrogen-bond donors (Lipinski definition) is 2. The zero-order chi connectivity index (χ0) is 13.1. The van der Waals surface area contributed by atoms with Crippen LogP contribution >= 0.6 is 15.9 Å². The van der Waals surface area contributed by atoms with Gasteiger partial charge in [0, 0.05) is 22.8 Å². The number of carbonyl (C=O) groups is 1. The fraction of sp³-hybridized carbons (Fsp3) is 0.167. The second-order valence-corrected chi connectivity index (χ2v) is 4.62. The maximum atomic E-state index is 11.0. The number of hydrogen-bond acceptors (Lipinski definition) is 3. The Balaban J connectivity index is 2.42. The van der Waals surface area contributed by atoms with Crippen molar-refractivity contribution >= 4 is 21.9 Å². The molecule has 6 heteroatoms. The van der Waals surface area contributed by atoms with Gasteiger partial charge < -0.3 is 10.2 Å². The summed E-state index contributed by atoms with van der Waals surface area (Å²) in [5.74, 6) is -1.09. The van der Waals surface area contributed by atoms with Crippen molar-refractivity contribution in [3.63, 3.8) is 0 Å². The van der Waals surface area contributed by atoms with Crippen molar-refractivity contribution in [2.24, 2.45) is 0 Å². The molecule has 0 unspecified atom stereocenters. The molecule has 2 N–H and O–H groups in total. The summed E-state index contributed by atoms with van der Waals surface area (Å²) in [6, 6.07) is 7.35. The van der Waals surface area contributed by atoms with Crippen LogP contribution in [0.1, 0.15) is 16.1 Å². The minimum Gasteiger partial charge on any atom is -0.476 e. The van der Waals surface area contributed by atoms with Crippen LogP contribution in [0, 0.1) is 0 Å². The van der Waals surface area contributed by atoms with Gasteiger partial charge in [-0.25, -0.2) is 9.48 Å². The van der Waals surface area contributed by atoms with Crippen LogP contribution in [-0.4, -0.2) is 32.6 Å². The Morgan fingerprint density at radius 2 is 2.00 bits per heavy atom. The molecule has 5 nitrogen and oxygen atoms in total. The van der Waals surface area contributed by atoms with E-state index in [1.807, 2.05) is 24.3 Å². The first-order chi connectivity index (χ1) is 8.61. The Labute approximate surface area is 112 Å². The third-order valence-corrected chi connectivity index (χ3v) is 2.99. The fourth-order valence-electron chi connectivity index (χ4n) is 1.62. The number of carboxylic acid groups (broad SMARTS) is 1. The van der Waals surface area contributed by atoms with E-state index >= 15 is 0 Å². The van der Waals surface area contributed by atoms with E-state index in [1.165, 1.54) is 4.68 Å². The largest absolute Gasteiger partial charge is 0.476 e. The van der Waals surface area contributed by atoms with E-state index in [9.17, 15) is 4.79 Å². The molecular formula is C12H11BrN2O3. The molecule has 0 radical (unpaired) electrons. The van der Waals surface area contributed by atoms with E-state index in [4.69, 9.17) is 10.2 Å². The summed E-state index contributed by atoms with van der Waals surface area (Å²) < 4.78 is 2.44. The van der Waals surface area contributed by atoms with Crippen LogP contribution in [0.5, 0.6) is 0 Å². The molecule has 0 bridgehead atoms. The SMILES string of the molecule is O=C(O)c1nn(-c2ccc(Br)cc2)cc1CCO. The maximum Gasteiger partial charge on any atom is 0.356 e. The van der Waals surface area contributed by atoms with E-state index < -0.39 is 5.97 Å². The van der Waals surface area contributed by atoms with Crippen molar-refractivity contribution in [3.8, 4) is 5.69 Å². The molecule has 0 saturated carbocycles. The van der Waals surface area contributed by atoms with Crippen molar-refractivity contribution in [2.75, 3.05) is 6.61 Å². The fourth-order valence-corrected chi connectivity index (χ4v) is 1.88. The summed E-state index contributed by atoms with van der Waals surface area (Å²) in [7, 11) is 0. The zero-order valence-electron chi connectivity index (χ0n) is 9.38. The molecule has 0 aliphatic rings. The minimum atomic E-state index is -1.09. The second-order valence-electron chi connectivity index (χ2n) is 3.70. The predicted molar refractivity (Wildman–Crippen MR) is 69.0 cm³/mol. The number of carboxylic acids is 1. The van der Waals surface area contributed by atoms with Crippen LogP contribution in [-0.2, 0) is 6.42 Å². The first-order valence-electron chi connectivity index (χ1n) is 5.30. The molecule has 0 saturated heterocycles. The number of nitrogens with zero attached hydrogens (tertiary/aromatic N) is 2. The van der Waals surface area contributed by atoms with Gasteiger partial charge in [-0.2, -0.15) is 5.10 Å². The third-order valence-electron chi connectivity index (χ3n) is 2.46. The van der Waals surface area contributed by atoms with Gasteiger partial charge in [-0.1, -0.05) is 15.9 Å². The first-order valence-corrected chi connectivity index (χ1v) is 6.09. The monoisotopic (exact) mass is 310 g/mol. The van der Waals surface area contributed by atoms with Crippen molar-refractivity contribution in [2.45, 2.75) is 6.42 Å². The molecule has 1 aromatic carbocycles. The molecule has 2 rings (SSSR count). The summed E-state index contributed by atoms with van der Waals surface area (Å²) in [5, 5.41) is 22.0. The van der Waals surface area contributed by atoms with E-state index in [2.05, 4.69) is 21.0 Å². The molecule has 1 aromatic heterocycles. The van der Waals surface area contributed by atoms with Crippen LogP contribution in [0.25, 0.3) is 5.69 Å². The molecule has 94 valence electrons. The normalized spacial score (nSPS) is 10.6. The smallest absolute Gasteiger partial charge is 0.356 e. The van der Waals surface area contributed by atoms with E-state index in [0.29, 0.717) is 5.56 Å². The van der Waals surface area contributed by atoms with Crippen LogP contribution in [0.15, 0.2) is 34.9 Å². The Kier molecular flexibility index (Phi) is 3.78. The molecule has 2 aromatic rings. The van der Waals surface area contributed by atoms with Gasteiger partial charge in [-0.15, -0.1) is 0 Å². The van der Waals surface area contributed by atoms with Gasteiger partial charge in [0.2, 0.25) is 0 Å². The lowest BCUT2D eigenvalue weighted by atomic mass is 10.2. The van der Waals surface area contributed by atoms with Crippen molar-refractivity contribution in [1.29, 1.82) is 0 Å². The molecule has 0 amide bonds. The molecule has 0 aliphatic heterocycles. The Morgan fingerprint density at radius 1 is 1.33 bits per heavy atom. The van der Waals surface area contributed by atoms with Gasteiger partial charge in [0.15, 0.2) is 5.69 Å². The van der Waals surface area contributed by atoms with E-state index in [0.717, 1.165) is 10.2 Å². The average Bonchev–Trinajstić information content (AvgIpc) is 2.75. The number of rotatable bonds is 4. The number of aromatic nitrogens is 2. The van der Waals surface area contributed by atoms with E-state index in [-0.39, 0.29) is 18.7 Å². The van der Waals surface area contributed by atoms with E-state index in [1.54, 1.807) is 6.20 Å². The maximum absolute atomic E-state index is 11.0. The summed E-state index contributed by atoms with van der Waals surface area (Å²) in [4.78, 5) is 11.0. The van der Waals surface area contributed by atoms with Gasteiger partial charge in [-0.3, -0.25) is 0 Å². The number of aliphatic hydroxyl groups is 1. The molecule has 18 heavy (non-hydrogen) atoms. The van der Waals surface area contributed by atoms with Gasteiger partial charge in [-0.05, 0) is 30.7 Å². The number of aliphatic hydroxyl groups excluding tert-OH is 1. The lowest BCUT2D eigenvalue weighted by Crippen LogP contribution is -2.03. The summed E-state index contributed by atoms with van der Waals surface area (Å²) in [5.41, 5.74) is 1.27. The van der Waals surface area contributed by atoms with Crippen LogP contribution in [0.2, 0.25) is 0 Å². The standard InChI is InChI=1S/C12H11BrN2O3/c13-9-1-3-10(4-2-9)15-7-8(5-6-16)11(14-15)12(17)18/h1-4,7,16H,5-6H2,(H,17,18). The quantitative estimate of drug-likeness (QED) is 0.904. The first kappa shape index (κ1) is 12.8. The highest BCUT2D eigenvalue weighted by Crippen LogP contribution is 2.16. The zero-order valence-corrected chi connectivity index (χ0v) is 11.0. The topological polar surface area (TPSA) is 75.3 Å². The highest BCUT2D eigenvalue weighted by Gasteiger charge is 2.15.